The van der Waals surface area contributed by atoms with Crippen molar-refractivity contribution < 1.29 is 22.7 Å². The molecule has 4 rings (SSSR count). The molecular formula is C35H37Cl2N3O5S. The lowest BCUT2D eigenvalue weighted by Gasteiger charge is -2.34. The van der Waals surface area contributed by atoms with Crippen molar-refractivity contribution >= 4 is 50.7 Å². The molecule has 0 aromatic heterocycles. The van der Waals surface area contributed by atoms with Gasteiger partial charge in [0.1, 0.15) is 18.3 Å². The van der Waals surface area contributed by atoms with Crippen LogP contribution in [0.4, 0.5) is 5.69 Å². The topological polar surface area (TPSA) is 96.0 Å². The zero-order chi connectivity index (χ0) is 33.1. The summed E-state index contributed by atoms with van der Waals surface area (Å²) in [5.41, 5.74) is 1.60. The van der Waals surface area contributed by atoms with E-state index >= 15 is 0 Å². The van der Waals surface area contributed by atoms with Crippen LogP contribution in [0.25, 0.3) is 0 Å². The van der Waals surface area contributed by atoms with Crippen LogP contribution in [0.5, 0.6) is 5.75 Å². The van der Waals surface area contributed by atoms with Gasteiger partial charge in [-0.05, 0) is 60.0 Å². The number of hydrogen-bond acceptors (Lipinski definition) is 5. The van der Waals surface area contributed by atoms with E-state index in [9.17, 15) is 18.0 Å². The van der Waals surface area contributed by atoms with Crippen LogP contribution in [-0.4, -0.2) is 51.4 Å². The average molecular weight is 683 g/mol. The average Bonchev–Trinajstić information content (AvgIpc) is 3.06. The summed E-state index contributed by atoms with van der Waals surface area (Å²) in [5, 5.41) is 3.70. The number of hydrogen-bond donors (Lipinski definition) is 1. The highest BCUT2D eigenvalue weighted by atomic mass is 35.5. The molecule has 1 N–H and O–H groups in total. The molecule has 8 nitrogen and oxygen atoms in total. The second-order valence-electron chi connectivity index (χ2n) is 10.6. The first-order chi connectivity index (χ1) is 22.1. The maximum Gasteiger partial charge on any atom is 0.264 e. The molecule has 0 unspecified atom stereocenters. The van der Waals surface area contributed by atoms with Gasteiger partial charge in [-0.3, -0.25) is 13.9 Å². The van der Waals surface area contributed by atoms with E-state index in [1.54, 1.807) is 54.6 Å². The van der Waals surface area contributed by atoms with E-state index < -0.39 is 28.5 Å². The summed E-state index contributed by atoms with van der Waals surface area (Å²) in [4.78, 5) is 29.8. The lowest BCUT2D eigenvalue weighted by molar-refractivity contribution is -0.140. The second-order valence-corrected chi connectivity index (χ2v) is 13.4. The molecule has 11 heteroatoms. The molecule has 1 atom stereocenters. The van der Waals surface area contributed by atoms with Crippen LogP contribution in [-0.2, 0) is 32.6 Å². The van der Waals surface area contributed by atoms with Crippen LogP contribution in [0, 0.1) is 0 Å². The summed E-state index contributed by atoms with van der Waals surface area (Å²) in [6.07, 6.45) is 1.85. The van der Waals surface area contributed by atoms with E-state index in [4.69, 9.17) is 27.9 Å². The minimum Gasteiger partial charge on any atom is -0.495 e. The van der Waals surface area contributed by atoms with Crippen LogP contribution in [0.2, 0.25) is 10.0 Å². The van der Waals surface area contributed by atoms with Crippen molar-refractivity contribution in [3.05, 3.63) is 124 Å². The van der Waals surface area contributed by atoms with Gasteiger partial charge >= 0.3 is 0 Å². The van der Waals surface area contributed by atoms with Gasteiger partial charge in [0.15, 0.2) is 0 Å². The Morgan fingerprint density at radius 3 is 2.15 bits per heavy atom. The molecule has 0 aliphatic carbocycles. The number of anilines is 1. The maximum absolute atomic E-state index is 14.6. The fourth-order valence-electron chi connectivity index (χ4n) is 4.98. The number of methoxy groups -OCH3 is 1. The summed E-state index contributed by atoms with van der Waals surface area (Å²) in [7, 11) is -2.90. The minimum atomic E-state index is -4.31. The maximum atomic E-state index is 14.6. The number of unbranched alkanes of at least 4 members (excludes halogenated alkanes) is 1. The van der Waals surface area contributed by atoms with Crippen molar-refractivity contribution in [2.45, 2.75) is 43.7 Å². The highest BCUT2D eigenvalue weighted by molar-refractivity contribution is 7.92. The van der Waals surface area contributed by atoms with Crippen molar-refractivity contribution in [3.8, 4) is 5.75 Å². The monoisotopic (exact) mass is 681 g/mol. The molecule has 0 aliphatic heterocycles. The predicted molar refractivity (Wildman–Crippen MR) is 183 cm³/mol. The molecule has 0 heterocycles. The first kappa shape index (κ1) is 34.8. The Hall–Kier alpha value is -4.05. The number of rotatable bonds is 15. The lowest BCUT2D eigenvalue weighted by atomic mass is 10.0. The van der Waals surface area contributed by atoms with Gasteiger partial charge in [-0.1, -0.05) is 97.2 Å². The van der Waals surface area contributed by atoms with Gasteiger partial charge in [-0.15, -0.1) is 0 Å². The molecule has 0 saturated carbocycles. The van der Waals surface area contributed by atoms with Crippen molar-refractivity contribution in [2.24, 2.45) is 0 Å². The largest absolute Gasteiger partial charge is 0.495 e. The van der Waals surface area contributed by atoms with E-state index in [0.717, 1.165) is 22.7 Å². The third-order valence-corrected chi connectivity index (χ3v) is 9.61. The number of amides is 2. The SMILES string of the molecule is CCCCNC(=O)[C@@H](Cc1ccccc1)N(Cc1cccc(Cl)c1)C(=O)CN(c1cc(Cl)ccc1OC)S(=O)(=O)c1ccccc1. The smallest absolute Gasteiger partial charge is 0.264 e. The summed E-state index contributed by atoms with van der Waals surface area (Å²) in [6.45, 7) is 1.83. The Kier molecular flexibility index (Phi) is 12.5. The molecule has 0 radical (unpaired) electrons. The van der Waals surface area contributed by atoms with Crippen molar-refractivity contribution in [2.75, 3.05) is 24.5 Å². The van der Waals surface area contributed by atoms with Gasteiger partial charge in [0.05, 0.1) is 17.7 Å². The molecule has 242 valence electrons. The Labute approximate surface area is 280 Å². The molecule has 0 saturated heterocycles. The summed E-state index contributed by atoms with van der Waals surface area (Å²) < 4.78 is 34.9. The van der Waals surface area contributed by atoms with E-state index in [1.807, 2.05) is 37.3 Å². The lowest BCUT2D eigenvalue weighted by Crippen LogP contribution is -2.53. The highest BCUT2D eigenvalue weighted by Gasteiger charge is 2.35. The van der Waals surface area contributed by atoms with E-state index in [-0.39, 0.29) is 40.2 Å². The highest BCUT2D eigenvalue weighted by Crippen LogP contribution is 2.35. The zero-order valence-corrected chi connectivity index (χ0v) is 28.1. The Morgan fingerprint density at radius 1 is 0.848 bits per heavy atom. The molecule has 0 bridgehead atoms. The number of halogens is 2. The summed E-state index contributed by atoms with van der Waals surface area (Å²) >= 11 is 12.6. The number of carbonyl (C=O) groups is 2. The van der Waals surface area contributed by atoms with Crippen molar-refractivity contribution in [3.63, 3.8) is 0 Å². The summed E-state index contributed by atoms with van der Waals surface area (Å²) in [5.74, 6) is -0.741. The van der Waals surface area contributed by atoms with Gasteiger partial charge in [-0.25, -0.2) is 8.42 Å². The van der Waals surface area contributed by atoms with E-state index in [2.05, 4.69) is 5.32 Å². The quantitative estimate of drug-likeness (QED) is 0.140. The van der Waals surface area contributed by atoms with Crippen LogP contribution < -0.4 is 14.4 Å². The van der Waals surface area contributed by atoms with Crippen LogP contribution >= 0.6 is 23.2 Å². The Balaban J connectivity index is 1.83. The van der Waals surface area contributed by atoms with Gasteiger partial charge in [0.25, 0.3) is 10.0 Å². The molecule has 0 spiro atoms. The van der Waals surface area contributed by atoms with E-state index in [1.165, 1.54) is 30.2 Å². The molecule has 2 amide bonds. The number of carbonyl (C=O) groups excluding carboxylic acids is 2. The van der Waals surface area contributed by atoms with Crippen LogP contribution in [0.15, 0.2) is 108 Å². The van der Waals surface area contributed by atoms with Gasteiger partial charge in [-0.2, -0.15) is 0 Å². The normalized spacial score (nSPS) is 11.8. The van der Waals surface area contributed by atoms with Crippen molar-refractivity contribution in [1.29, 1.82) is 0 Å². The summed E-state index contributed by atoms with van der Waals surface area (Å²) in [6, 6.07) is 27.8. The Bertz CT molecular complexity index is 1720. The fourth-order valence-corrected chi connectivity index (χ4v) is 6.80. The molecular weight excluding hydrogens is 645 g/mol. The zero-order valence-electron chi connectivity index (χ0n) is 25.7. The first-order valence-corrected chi connectivity index (χ1v) is 17.1. The van der Waals surface area contributed by atoms with Gasteiger partial charge < -0.3 is 15.0 Å². The van der Waals surface area contributed by atoms with Crippen LogP contribution in [0.1, 0.15) is 30.9 Å². The number of ether oxygens (including phenoxy) is 1. The number of benzene rings is 4. The standard InChI is InChI=1S/C35H37Cl2N3O5S/c1-3-4-20-38-35(42)32(22-26-12-7-5-8-13-26)39(24-27-14-11-15-28(36)21-27)34(41)25-40(31-23-29(37)18-19-33(31)45-2)46(43,44)30-16-9-6-10-17-30/h5-19,21,23,32H,3-4,20,22,24-25H2,1-2H3,(H,38,42)/t32-/m1/s1. The van der Waals surface area contributed by atoms with E-state index in [0.29, 0.717) is 17.1 Å². The van der Waals surface area contributed by atoms with Crippen LogP contribution in [0.3, 0.4) is 0 Å². The molecule has 4 aromatic rings. The van der Waals surface area contributed by atoms with Gasteiger partial charge in [0.2, 0.25) is 11.8 Å². The fraction of sp³-hybridized carbons (Fsp3) is 0.257. The predicted octanol–water partition coefficient (Wildman–Crippen LogP) is 6.75. The molecule has 4 aromatic carbocycles. The minimum absolute atomic E-state index is 0.00397. The first-order valence-electron chi connectivity index (χ1n) is 14.9. The molecule has 46 heavy (non-hydrogen) atoms. The third kappa shape index (κ3) is 9.02. The second kappa shape index (κ2) is 16.5. The van der Waals surface area contributed by atoms with Gasteiger partial charge in [0, 0.05) is 29.6 Å². The number of nitrogens with one attached hydrogen (secondary N) is 1. The Morgan fingerprint density at radius 2 is 1.50 bits per heavy atom. The number of sulfonamides is 1. The van der Waals surface area contributed by atoms with Crippen molar-refractivity contribution in [1.82, 2.24) is 10.2 Å². The molecule has 0 fully saturated rings. The third-order valence-electron chi connectivity index (χ3n) is 7.36. The molecule has 0 aliphatic rings. The number of nitrogens with zero attached hydrogens (tertiary/aromatic N) is 2.